The fourth-order valence-electron chi connectivity index (χ4n) is 0. The van der Waals surface area contributed by atoms with Crippen LogP contribution in [0.25, 0.3) is 0 Å². The van der Waals surface area contributed by atoms with Crippen LogP contribution in [0.5, 0.6) is 0 Å². The molecule has 25 valence electrons. The molecule has 0 radical (unpaired) electrons. The molecule has 0 aliphatic heterocycles. The molecule has 0 aromatic heterocycles. The summed E-state index contributed by atoms with van der Waals surface area (Å²) in [5.41, 5.74) is 0. The molecule has 0 bridgehead atoms. The third kappa shape index (κ3) is 24.1. The van der Waals surface area contributed by atoms with Crippen LogP contribution in [0.15, 0.2) is 0 Å². The van der Waals surface area contributed by atoms with Crippen molar-refractivity contribution in [3.8, 4) is 0 Å². The molecule has 0 fully saturated rings. The van der Waals surface area contributed by atoms with Crippen LogP contribution in [0, 0.1) is 7.18 Å². The summed E-state index contributed by atoms with van der Waals surface area (Å²) in [6.45, 7) is 0. The van der Waals surface area contributed by atoms with Crippen LogP contribution in [0.2, 0.25) is 0 Å². The number of hydrogen-bond acceptors (Lipinski definition) is 1. The van der Waals surface area contributed by atoms with Gasteiger partial charge in [0.15, 0.2) is 0 Å². The summed E-state index contributed by atoms with van der Waals surface area (Å²) >= 11 is 0.500. The van der Waals surface area contributed by atoms with Gasteiger partial charge in [0.1, 0.15) is 0 Å². The predicted octanol–water partition coefficient (Wildman–Crippen LogP) is 0.626. The molecule has 4 heavy (non-hydrogen) atoms. The fraction of sp³-hybridized carbons (Fsp3) is 0. The minimum atomic E-state index is 0.500. The van der Waals surface area contributed by atoms with Gasteiger partial charge in [-0.2, -0.15) is 7.18 Å². The van der Waals surface area contributed by atoms with Crippen molar-refractivity contribution in [1.82, 2.24) is 0 Å². The van der Waals surface area contributed by atoms with E-state index in [0.29, 0.717) is 21.0 Å². The zero-order chi connectivity index (χ0) is 4.00. The van der Waals surface area contributed by atoms with E-state index in [9.17, 15) is 4.39 Å². The van der Waals surface area contributed by atoms with Crippen LogP contribution in [-0.2, 0) is 24.3 Å². The molecule has 1 nitrogen and oxygen atoms in total. The van der Waals surface area contributed by atoms with Gasteiger partial charge in [-0.25, -0.2) is 0 Å². The van der Waals surface area contributed by atoms with E-state index >= 15 is 0 Å². The SMILES string of the molecule is [CH2-]F.[O]=[Nb]. The van der Waals surface area contributed by atoms with E-state index in [2.05, 4.69) is 0 Å². The van der Waals surface area contributed by atoms with Crippen LogP contribution >= 0.6 is 0 Å². The summed E-state index contributed by atoms with van der Waals surface area (Å²) in [6.07, 6.45) is 0. The number of hydrogen-bond donors (Lipinski definition) is 0. The Morgan fingerprint density at radius 2 is 1.50 bits per heavy atom. The minimum absolute atomic E-state index is 0.500. The summed E-state index contributed by atoms with van der Waals surface area (Å²) in [7, 11) is 1.75. The molecule has 0 aliphatic rings. The number of rotatable bonds is 0. The van der Waals surface area contributed by atoms with Crippen molar-refractivity contribution in [3.05, 3.63) is 7.18 Å². The molecule has 0 N–H and O–H groups in total. The van der Waals surface area contributed by atoms with Gasteiger partial charge >= 0.3 is 24.3 Å². The van der Waals surface area contributed by atoms with Crippen molar-refractivity contribution in [2.45, 2.75) is 0 Å². The first-order chi connectivity index (χ1) is 2.00. The van der Waals surface area contributed by atoms with Gasteiger partial charge in [0.05, 0.1) is 0 Å². The summed E-state index contributed by atoms with van der Waals surface area (Å²) in [5.74, 6) is 0. The van der Waals surface area contributed by atoms with E-state index in [-0.39, 0.29) is 0 Å². The van der Waals surface area contributed by atoms with Crippen molar-refractivity contribution >= 4 is 0 Å². The predicted molar refractivity (Wildman–Crippen MR) is 7.15 cm³/mol. The Balaban J connectivity index is 0. The summed E-state index contributed by atoms with van der Waals surface area (Å²) < 4.78 is 17.6. The Labute approximate surface area is 36.5 Å². The van der Waals surface area contributed by atoms with Crippen molar-refractivity contribution in [2.75, 3.05) is 0 Å². The molecular formula is CH2FNbO-. The Bertz CT molecular complexity index is 8.00. The standard InChI is InChI=1S/CH2F.Nb.O/c1-2;;/h1H2;;/q-1;;. The van der Waals surface area contributed by atoms with Crippen molar-refractivity contribution in [2.24, 2.45) is 0 Å². The van der Waals surface area contributed by atoms with Crippen LogP contribution in [0.1, 0.15) is 0 Å². The Morgan fingerprint density at radius 3 is 1.50 bits per heavy atom. The van der Waals surface area contributed by atoms with Crippen molar-refractivity contribution < 1.29 is 28.7 Å². The van der Waals surface area contributed by atoms with Gasteiger partial charge < -0.3 is 4.39 Å². The fourth-order valence-corrected chi connectivity index (χ4v) is 0. The summed E-state index contributed by atoms with van der Waals surface area (Å²) in [4.78, 5) is 0. The molecule has 0 atom stereocenters. The van der Waals surface area contributed by atoms with Crippen LogP contribution in [0.3, 0.4) is 0 Å². The molecule has 3 heteroatoms. The zero-order valence-corrected chi connectivity index (χ0v) is 4.14. The monoisotopic (exact) mass is 142 g/mol. The van der Waals surface area contributed by atoms with Crippen LogP contribution in [0.4, 0.5) is 4.39 Å². The second kappa shape index (κ2) is 95.8. The zero-order valence-electron chi connectivity index (χ0n) is 1.94. The van der Waals surface area contributed by atoms with Gasteiger partial charge in [-0.3, -0.25) is 0 Å². The maximum atomic E-state index is 9.25. The molecule has 0 aromatic rings. The van der Waals surface area contributed by atoms with Crippen LogP contribution < -0.4 is 0 Å². The quantitative estimate of drug-likeness (QED) is 0.358. The third-order valence-corrected chi connectivity index (χ3v) is 0. The van der Waals surface area contributed by atoms with E-state index in [1.54, 1.807) is 7.18 Å². The third-order valence-electron chi connectivity index (χ3n) is 0. The first-order valence-corrected chi connectivity index (χ1v) is 1.35. The second-order valence-corrected chi connectivity index (χ2v) is 0. The average Bonchev–Trinajstić information content (AvgIpc) is 1.50. The van der Waals surface area contributed by atoms with Gasteiger partial charge in [-0.05, 0) is 0 Å². The van der Waals surface area contributed by atoms with E-state index < -0.39 is 0 Å². The van der Waals surface area contributed by atoms with Crippen LogP contribution in [-0.4, -0.2) is 0 Å². The number of halogens is 1. The molecule has 0 aliphatic carbocycles. The van der Waals surface area contributed by atoms with Gasteiger partial charge in [-0.15, -0.1) is 0 Å². The summed E-state index contributed by atoms with van der Waals surface area (Å²) in [6, 6.07) is 0. The van der Waals surface area contributed by atoms with E-state index in [1.165, 1.54) is 0 Å². The first kappa shape index (κ1) is 8.82. The second-order valence-electron chi connectivity index (χ2n) is 0. The van der Waals surface area contributed by atoms with Crippen molar-refractivity contribution in [1.29, 1.82) is 0 Å². The molecule has 0 saturated heterocycles. The normalized spacial score (nSPS) is 2.25. The summed E-state index contributed by atoms with van der Waals surface area (Å²) in [5, 5.41) is 0. The van der Waals surface area contributed by atoms with E-state index in [4.69, 9.17) is 3.25 Å². The molecule has 0 amide bonds. The first-order valence-electron chi connectivity index (χ1n) is 0.450. The van der Waals surface area contributed by atoms with Gasteiger partial charge in [0.25, 0.3) is 0 Å². The maximum absolute atomic E-state index is 9.25. The molecule has 0 unspecified atom stereocenters. The topological polar surface area (TPSA) is 17.1 Å². The van der Waals surface area contributed by atoms with Gasteiger partial charge in [0, 0.05) is 0 Å². The van der Waals surface area contributed by atoms with Crippen molar-refractivity contribution in [3.63, 3.8) is 0 Å². The molecule has 0 rings (SSSR count). The van der Waals surface area contributed by atoms with E-state index in [0.717, 1.165) is 0 Å². The Kier molecular flexibility index (Phi) is 211. The molecule has 0 heterocycles. The average molecular weight is 142 g/mol. The Hall–Kier alpha value is 0.470. The Morgan fingerprint density at radius 1 is 1.50 bits per heavy atom. The molecule has 0 spiro atoms. The molecule has 0 aromatic carbocycles. The molecule has 0 saturated carbocycles. The van der Waals surface area contributed by atoms with E-state index in [1.807, 2.05) is 0 Å². The van der Waals surface area contributed by atoms with Gasteiger partial charge in [0.2, 0.25) is 0 Å². The molecular weight excluding hydrogens is 140 g/mol. The van der Waals surface area contributed by atoms with Gasteiger partial charge in [-0.1, -0.05) is 0 Å².